The molecule has 0 aliphatic heterocycles. The number of aromatic nitrogens is 4. The molecule has 1 N–H and O–H groups in total. The van der Waals surface area contributed by atoms with Crippen LogP contribution in [0.4, 0.5) is 0 Å². The molecule has 2 aromatic heterocycles. The molecule has 0 radical (unpaired) electrons. The third-order valence-corrected chi connectivity index (χ3v) is 2.45. The van der Waals surface area contributed by atoms with Gasteiger partial charge in [-0.3, -0.25) is 14.2 Å². The summed E-state index contributed by atoms with van der Waals surface area (Å²) < 4.78 is 1.72. The van der Waals surface area contributed by atoms with E-state index in [2.05, 4.69) is 22.1 Å². The van der Waals surface area contributed by atoms with Crippen molar-refractivity contribution < 1.29 is 9.90 Å². The molecular formula is C11H14N4O2. The third kappa shape index (κ3) is 2.25. The van der Waals surface area contributed by atoms with Crippen LogP contribution >= 0.6 is 0 Å². The van der Waals surface area contributed by atoms with Crippen LogP contribution in [0.25, 0.3) is 5.65 Å². The standard InChI is InChI=1S/C11H14N4O2/c1-3-4-8-11-14-13-9(5-10(16)17)15(11)6-7(2)12-8/h6H,3-5H2,1-2H3,(H,16,17). The minimum absolute atomic E-state index is 0.129. The van der Waals surface area contributed by atoms with E-state index >= 15 is 0 Å². The summed E-state index contributed by atoms with van der Waals surface area (Å²) in [4.78, 5) is 15.1. The van der Waals surface area contributed by atoms with Crippen LogP contribution in [0.15, 0.2) is 6.20 Å². The van der Waals surface area contributed by atoms with Crippen molar-refractivity contribution in [3.63, 3.8) is 0 Å². The highest BCUT2D eigenvalue weighted by molar-refractivity contribution is 5.69. The lowest BCUT2D eigenvalue weighted by atomic mass is 10.2. The van der Waals surface area contributed by atoms with Crippen LogP contribution in [0.2, 0.25) is 0 Å². The van der Waals surface area contributed by atoms with Gasteiger partial charge < -0.3 is 5.11 Å². The molecule has 0 saturated heterocycles. The number of hydrogen-bond acceptors (Lipinski definition) is 4. The van der Waals surface area contributed by atoms with Gasteiger partial charge in [-0.15, -0.1) is 10.2 Å². The topological polar surface area (TPSA) is 80.4 Å². The summed E-state index contributed by atoms with van der Waals surface area (Å²) in [6.45, 7) is 3.94. The SMILES string of the molecule is CCCc1nc(C)cn2c(CC(=O)O)nnc12. The third-order valence-electron chi connectivity index (χ3n) is 2.45. The molecule has 0 spiro atoms. The summed E-state index contributed by atoms with van der Waals surface area (Å²) in [5, 5.41) is 16.7. The van der Waals surface area contributed by atoms with E-state index in [1.807, 2.05) is 6.92 Å². The second-order valence-electron chi connectivity index (χ2n) is 3.96. The van der Waals surface area contributed by atoms with Crippen molar-refractivity contribution >= 4 is 11.6 Å². The number of hydrogen-bond donors (Lipinski definition) is 1. The summed E-state index contributed by atoms with van der Waals surface area (Å²) in [5.41, 5.74) is 2.37. The fraction of sp³-hybridized carbons (Fsp3) is 0.455. The van der Waals surface area contributed by atoms with Gasteiger partial charge in [0.25, 0.3) is 0 Å². The Morgan fingerprint density at radius 2 is 2.24 bits per heavy atom. The smallest absolute Gasteiger partial charge is 0.311 e. The highest BCUT2D eigenvalue weighted by atomic mass is 16.4. The maximum absolute atomic E-state index is 10.7. The highest BCUT2D eigenvalue weighted by Gasteiger charge is 2.13. The Morgan fingerprint density at radius 3 is 2.88 bits per heavy atom. The molecule has 0 atom stereocenters. The number of aryl methyl sites for hydroxylation is 2. The molecule has 0 aliphatic rings. The largest absolute Gasteiger partial charge is 0.481 e. The molecule has 2 rings (SSSR count). The number of nitrogens with zero attached hydrogens (tertiary/aromatic N) is 4. The van der Waals surface area contributed by atoms with Crippen LogP contribution in [-0.4, -0.2) is 30.7 Å². The zero-order valence-electron chi connectivity index (χ0n) is 9.84. The van der Waals surface area contributed by atoms with Gasteiger partial charge in [0.05, 0.1) is 11.4 Å². The summed E-state index contributed by atoms with van der Waals surface area (Å²) >= 11 is 0. The lowest BCUT2D eigenvalue weighted by molar-refractivity contribution is -0.136. The van der Waals surface area contributed by atoms with Crippen molar-refractivity contribution in [1.29, 1.82) is 0 Å². The van der Waals surface area contributed by atoms with E-state index in [1.165, 1.54) is 0 Å². The molecule has 6 heteroatoms. The normalized spacial score (nSPS) is 10.9. The lowest BCUT2D eigenvalue weighted by Crippen LogP contribution is -2.06. The molecule has 0 aliphatic carbocycles. The monoisotopic (exact) mass is 234 g/mol. The summed E-state index contributed by atoms with van der Waals surface area (Å²) in [6.07, 6.45) is 3.42. The summed E-state index contributed by atoms with van der Waals surface area (Å²) in [6, 6.07) is 0. The Hall–Kier alpha value is -1.98. The van der Waals surface area contributed by atoms with Crippen molar-refractivity contribution in [2.24, 2.45) is 0 Å². The Balaban J connectivity index is 2.56. The fourth-order valence-corrected chi connectivity index (χ4v) is 1.79. The molecule has 17 heavy (non-hydrogen) atoms. The second kappa shape index (κ2) is 4.48. The zero-order chi connectivity index (χ0) is 12.4. The second-order valence-corrected chi connectivity index (χ2v) is 3.96. The molecule has 2 heterocycles. The number of aliphatic carboxylic acids is 1. The van der Waals surface area contributed by atoms with Gasteiger partial charge in [-0.05, 0) is 13.3 Å². The van der Waals surface area contributed by atoms with Gasteiger partial charge in [0.1, 0.15) is 12.2 Å². The molecule has 0 bridgehead atoms. The van der Waals surface area contributed by atoms with Crippen LogP contribution in [0.1, 0.15) is 30.6 Å². The molecule has 0 amide bonds. The Bertz CT molecular complexity index is 562. The van der Waals surface area contributed by atoms with E-state index in [0.717, 1.165) is 24.2 Å². The van der Waals surface area contributed by atoms with E-state index < -0.39 is 5.97 Å². The predicted molar refractivity (Wildman–Crippen MR) is 60.9 cm³/mol. The van der Waals surface area contributed by atoms with Crippen LogP contribution in [0, 0.1) is 6.92 Å². The predicted octanol–water partition coefficient (Wildman–Crippen LogP) is 1.01. The van der Waals surface area contributed by atoms with Crippen molar-refractivity contribution in [2.75, 3.05) is 0 Å². The van der Waals surface area contributed by atoms with E-state index in [-0.39, 0.29) is 6.42 Å². The van der Waals surface area contributed by atoms with E-state index in [9.17, 15) is 4.79 Å². The van der Waals surface area contributed by atoms with Crippen LogP contribution in [0.5, 0.6) is 0 Å². The van der Waals surface area contributed by atoms with Crippen LogP contribution in [0.3, 0.4) is 0 Å². The number of carboxylic acids is 1. The molecule has 0 saturated carbocycles. The number of fused-ring (bicyclic) bond motifs is 1. The van der Waals surface area contributed by atoms with E-state index in [0.29, 0.717) is 11.5 Å². The van der Waals surface area contributed by atoms with Gasteiger partial charge >= 0.3 is 5.97 Å². The summed E-state index contributed by atoms with van der Waals surface area (Å²) in [5.74, 6) is -0.471. The Morgan fingerprint density at radius 1 is 1.47 bits per heavy atom. The van der Waals surface area contributed by atoms with E-state index in [4.69, 9.17) is 5.11 Å². The van der Waals surface area contributed by atoms with Gasteiger partial charge in [-0.25, -0.2) is 0 Å². The van der Waals surface area contributed by atoms with Crippen molar-refractivity contribution in [1.82, 2.24) is 19.6 Å². The van der Waals surface area contributed by atoms with E-state index in [1.54, 1.807) is 10.6 Å². The first-order valence-electron chi connectivity index (χ1n) is 5.53. The Labute approximate surface area is 98.3 Å². The van der Waals surface area contributed by atoms with Crippen LogP contribution in [-0.2, 0) is 17.6 Å². The first-order valence-corrected chi connectivity index (χ1v) is 5.53. The molecular weight excluding hydrogens is 220 g/mol. The highest BCUT2D eigenvalue weighted by Crippen LogP contribution is 2.12. The van der Waals surface area contributed by atoms with Gasteiger partial charge in [0.15, 0.2) is 5.65 Å². The van der Waals surface area contributed by atoms with Crippen LogP contribution < -0.4 is 0 Å². The number of rotatable bonds is 4. The lowest BCUT2D eigenvalue weighted by Gasteiger charge is -2.03. The first kappa shape index (κ1) is 11.5. The van der Waals surface area contributed by atoms with Gasteiger partial charge in [0.2, 0.25) is 0 Å². The van der Waals surface area contributed by atoms with Crippen molar-refractivity contribution in [3.05, 3.63) is 23.4 Å². The molecule has 90 valence electrons. The molecule has 6 nitrogen and oxygen atoms in total. The summed E-state index contributed by atoms with van der Waals surface area (Å²) in [7, 11) is 0. The quantitative estimate of drug-likeness (QED) is 0.854. The van der Waals surface area contributed by atoms with Gasteiger partial charge in [-0.1, -0.05) is 13.3 Å². The van der Waals surface area contributed by atoms with Gasteiger partial charge in [-0.2, -0.15) is 0 Å². The maximum Gasteiger partial charge on any atom is 0.311 e. The Kier molecular flexibility index (Phi) is 3.03. The van der Waals surface area contributed by atoms with Gasteiger partial charge in [0, 0.05) is 6.20 Å². The van der Waals surface area contributed by atoms with Crippen molar-refractivity contribution in [3.8, 4) is 0 Å². The maximum atomic E-state index is 10.7. The van der Waals surface area contributed by atoms with Crippen molar-refractivity contribution in [2.45, 2.75) is 33.1 Å². The zero-order valence-corrected chi connectivity index (χ0v) is 9.84. The molecule has 0 fully saturated rings. The minimum Gasteiger partial charge on any atom is -0.481 e. The number of carboxylic acid groups (broad SMARTS) is 1. The fourth-order valence-electron chi connectivity index (χ4n) is 1.79. The average molecular weight is 234 g/mol. The number of carbonyl (C=O) groups is 1. The minimum atomic E-state index is -0.911. The molecule has 0 aromatic carbocycles. The average Bonchev–Trinajstić information content (AvgIpc) is 2.61. The first-order chi connectivity index (χ1) is 8.11. The molecule has 0 unspecified atom stereocenters. The molecule has 2 aromatic rings.